The Morgan fingerprint density at radius 2 is 1.84 bits per heavy atom. The van der Waals surface area contributed by atoms with E-state index < -0.39 is 17.5 Å². The van der Waals surface area contributed by atoms with E-state index in [1.807, 2.05) is 0 Å². The lowest BCUT2D eigenvalue weighted by molar-refractivity contribution is -0.117. The van der Waals surface area contributed by atoms with Gasteiger partial charge < -0.3 is 10.2 Å². The van der Waals surface area contributed by atoms with Crippen LogP contribution in [0.2, 0.25) is 0 Å². The zero-order valence-electron chi connectivity index (χ0n) is 13.3. The lowest BCUT2D eigenvalue weighted by Crippen LogP contribution is -2.23. The maximum absolute atomic E-state index is 13.5. The first kappa shape index (κ1) is 16.8. The minimum absolute atomic E-state index is 0.0541. The van der Waals surface area contributed by atoms with E-state index in [9.17, 15) is 18.4 Å². The smallest absolute Gasteiger partial charge is 0.248 e. The Hall–Kier alpha value is -3.02. The van der Waals surface area contributed by atoms with Gasteiger partial charge in [0.15, 0.2) is 0 Å². The molecule has 0 spiro atoms. The van der Waals surface area contributed by atoms with Crippen molar-refractivity contribution in [3.05, 3.63) is 65.7 Å². The number of benzene rings is 2. The van der Waals surface area contributed by atoms with Crippen LogP contribution in [-0.4, -0.2) is 18.4 Å². The number of hydrogen-bond acceptors (Lipinski definition) is 2. The van der Waals surface area contributed by atoms with Gasteiger partial charge in [0.1, 0.15) is 11.6 Å². The monoisotopic (exact) mass is 342 g/mol. The molecule has 25 heavy (non-hydrogen) atoms. The Balaban J connectivity index is 1.71. The van der Waals surface area contributed by atoms with E-state index >= 15 is 0 Å². The summed E-state index contributed by atoms with van der Waals surface area (Å²) < 4.78 is 27.1. The molecular formula is C19H16F2N2O2. The third-order valence-corrected chi connectivity index (χ3v) is 3.90. The van der Waals surface area contributed by atoms with E-state index in [1.165, 1.54) is 6.07 Å². The Morgan fingerprint density at radius 1 is 1.12 bits per heavy atom. The molecule has 0 unspecified atom stereocenters. The zero-order valence-corrected chi connectivity index (χ0v) is 13.3. The van der Waals surface area contributed by atoms with E-state index in [4.69, 9.17) is 0 Å². The van der Waals surface area contributed by atoms with Crippen molar-refractivity contribution < 1.29 is 18.4 Å². The number of hydrogen-bond donors (Lipinski definition) is 1. The highest BCUT2D eigenvalue weighted by atomic mass is 19.1. The fourth-order valence-electron chi connectivity index (χ4n) is 2.69. The Morgan fingerprint density at radius 3 is 2.52 bits per heavy atom. The van der Waals surface area contributed by atoms with Crippen molar-refractivity contribution in [2.75, 3.05) is 16.8 Å². The second-order valence-corrected chi connectivity index (χ2v) is 5.66. The van der Waals surface area contributed by atoms with Gasteiger partial charge in [-0.1, -0.05) is 12.1 Å². The van der Waals surface area contributed by atoms with Gasteiger partial charge in [-0.15, -0.1) is 0 Å². The summed E-state index contributed by atoms with van der Waals surface area (Å²) in [6.45, 7) is 0.655. The predicted octanol–water partition coefficient (Wildman–Crippen LogP) is 3.74. The first-order chi connectivity index (χ1) is 12.0. The van der Waals surface area contributed by atoms with Crippen molar-refractivity contribution in [2.24, 2.45) is 0 Å². The molecule has 0 radical (unpaired) electrons. The molecule has 0 atom stereocenters. The highest BCUT2D eigenvalue weighted by molar-refractivity contribution is 6.02. The third kappa shape index (κ3) is 3.91. The molecule has 1 saturated heterocycles. The van der Waals surface area contributed by atoms with Crippen LogP contribution in [0.15, 0.2) is 48.5 Å². The Bertz CT molecular complexity index is 829. The minimum Gasteiger partial charge on any atom is -0.322 e. The van der Waals surface area contributed by atoms with Gasteiger partial charge in [0.05, 0.1) is 0 Å². The quantitative estimate of drug-likeness (QED) is 0.861. The van der Waals surface area contributed by atoms with Gasteiger partial charge in [-0.3, -0.25) is 9.59 Å². The molecule has 6 heteroatoms. The van der Waals surface area contributed by atoms with E-state index in [0.717, 1.165) is 30.7 Å². The molecule has 1 aliphatic rings. The molecule has 2 aromatic rings. The molecule has 1 heterocycles. The molecule has 1 N–H and O–H groups in total. The van der Waals surface area contributed by atoms with Crippen molar-refractivity contribution in [2.45, 2.75) is 12.8 Å². The Labute approximate surface area is 143 Å². The van der Waals surface area contributed by atoms with E-state index in [0.29, 0.717) is 24.3 Å². The number of carbonyl (C=O) groups is 2. The molecule has 2 amide bonds. The summed E-state index contributed by atoms with van der Waals surface area (Å²) in [4.78, 5) is 25.4. The standard InChI is InChI=1S/C19H16F2N2O2/c20-16-6-2-7-17(21)15(16)9-10-18(24)22-13-4-1-5-14(12-13)23-11-3-8-19(23)25/h1-2,4-7,9-10,12H,3,8,11H2,(H,22,24)/b10-9+. The average Bonchev–Trinajstić information content (AvgIpc) is 3.01. The first-order valence-corrected chi connectivity index (χ1v) is 7.88. The molecule has 0 saturated carbocycles. The summed E-state index contributed by atoms with van der Waals surface area (Å²) in [5, 5.41) is 2.62. The number of anilines is 2. The van der Waals surface area contributed by atoms with Gasteiger partial charge in [0, 0.05) is 36.0 Å². The maximum Gasteiger partial charge on any atom is 0.248 e. The largest absolute Gasteiger partial charge is 0.322 e. The molecule has 1 aliphatic heterocycles. The van der Waals surface area contributed by atoms with Crippen molar-refractivity contribution in [1.82, 2.24) is 0 Å². The summed E-state index contributed by atoms with van der Waals surface area (Å²) in [6, 6.07) is 10.4. The van der Waals surface area contributed by atoms with Crippen LogP contribution in [0.3, 0.4) is 0 Å². The van der Waals surface area contributed by atoms with Crippen molar-refractivity contribution in [3.8, 4) is 0 Å². The second-order valence-electron chi connectivity index (χ2n) is 5.66. The third-order valence-electron chi connectivity index (χ3n) is 3.90. The van der Waals surface area contributed by atoms with Gasteiger partial charge in [-0.2, -0.15) is 0 Å². The number of nitrogens with zero attached hydrogens (tertiary/aromatic N) is 1. The zero-order chi connectivity index (χ0) is 17.8. The highest BCUT2D eigenvalue weighted by Crippen LogP contribution is 2.24. The molecule has 4 nitrogen and oxygen atoms in total. The van der Waals surface area contributed by atoms with Crippen molar-refractivity contribution in [3.63, 3.8) is 0 Å². The molecule has 3 rings (SSSR count). The van der Waals surface area contributed by atoms with Crippen LogP contribution < -0.4 is 10.2 Å². The number of amides is 2. The van der Waals surface area contributed by atoms with Crippen molar-refractivity contribution in [1.29, 1.82) is 0 Å². The molecule has 2 aromatic carbocycles. The molecule has 0 aromatic heterocycles. The molecule has 0 bridgehead atoms. The van der Waals surface area contributed by atoms with Gasteiger partial charge in [-0.05, 0) is 42.8 Å². The summed E-state index contributed by atoms with van der Waals surface area (Å²) in [5.41, 5.74) is 0.944. The average molecular weight is 342 g/mol. The lowest BCUT2D eigenvalue weighted by Gasteiger charge is -2.16. The van der Waals surface area contributed by atoms with Crippen LogP contribution in [0.1, 0.15) is 18.4 Å². The highest BCUT2D eigenvalue weighted by Gasteiger charge is 2.21. The summed E-state index contributed by atoms with van der Waals surface area (Å²) >= 11 is 0. The summed E-state index contributed by atoms with van der Waals surface area (Å²) in [7, 11) is 0. The van der Waals surface area contributed by atoms with Crippen LogP contribution in [0, 0.1) is 11.6 Å². The molecular weight excluding hydrogens is 326 g/mol. The number of carbonyl (C=O) groups excluding carboxylic acids is 2. The molecule has 128 valence electrons. The van der Waals surface area contributed by atoms with Crippen LogP contribution >= 0.6 is 0 Å². The topological polar surface area (TPSA) is 49.4 Å². The van der Waals surface area contributed by atoms with Crippen LogP contribution in [0.5, 0.6) is 0 Å². The minimum atomic E-state index is -0.737. The number of rotatable bonds is 4. The van der Waals surface area contributed by atoms with E-state index in [2.05, 4.69) is 5.32 Å². The van der Waals surface area contributed by atoms with Gasteiger partial charge in [0.2, 0.25) is 11.8 Å². The normalized spacial score (nSPS) is 14.3. The summed E-state index contributed by atoms with van der Waals surface area (Å²) in [5.74, 6) is -1.94. The van der Waals surface area contributed by atoms with Crippen molar-refractivity contribution >= 4 is 29.3 Å². The SMILES string of the molecule is O=C(/C=C/c1c(F)cccc1F)Nc1cccc(N2CCCC2=O)c1. The first-order valence-electron chi connectivity index (χ1n) is 7.88. The van der Waals surface area contributed by atoms with Crippen LogP contribution in [-0.2, 0) is 9.59 Å². The van der Waals surface area contributed by atoms with E-state index in [-0.39, 0.29) is 11.5 Å². The maximum atomic E-state index is 13.5. The predicted molar refractivity (Wildman–Crippen MR) is 92.1 cm³/mol. The Kier molecular flexibility index (Phi) is 4.88. The fraction of sp³-hybridized carbons (Fsp3) is 0.158. The number of nitrogens with one attached hydrogen (secondary N) is 1. The fourth-order valence-corrected chi connectivity index (χ4v) is 2.69. The van der Waals surface area contributed by atoms with Gasteiger partial charge in [-0.25, -0.2) is 8.78 Å². The second kappa shape index (κ2) is 7.25. The van der Waals surface area contributed by atoms with Crippen LogP contribution in [0.4, 0.5) is 20.2 Å². The van der Waals surface area contributed by atoms with Gasteiger partial charge in [0.25, 0.3) is 0 Å². The lowest BCUT2D eigenvalue weighted by atomic mass is 10.2. The molecule has 1 fully saturated rings. The summed E-state index contributed by atoms with van der Waals surface area (Å²) in [6.07, 6.45) is 3.49. The number of halogens is 2. The molecule has 0 aliphatic carbocycles. The van der Waals surface area contributed by atoms with Gasteiger partial charge >= 0.3 is 0 Å². The van der Waals surface area contributed by atoms with E-state index in [1.54, 1.807) is 29.2 Å². The van der Waals surface area contributed by atoms with Crippen LogP contribution in [0.25, 0.3) is 6.08 Å².